The fraction of sp³-hybridized carbons (Fsp3) is 0.762. The standard InChI is InChI=1S/C21H29NO2/c1-20(2)7-6-14-15(20)4-5-16-19(14)17(23)8-13-9-18-12(11-22-24-18)10-21(13,16)3/h11,13,16-17,19,23H,4-10H2,1-3H3. The summed E-state index contributed by atoms with van der Waals surface area (Å²) in [6.07, 6.45) is 9.70. The smallest absolute Gasteiger partial charge is 0.140 e. The van der Waals surface area contributed by atoms with Crippen LogP contribution in [0.3, 0.4) is 0 Å². The average Bonchev–Trinajstić information content (AvgIpc) is 3.10. The van der Waals surface area contributed by atoms with Crippen LogP contribution in [0, 0.1) is 28.6 Å². The Hall–Kier alpha value is -1.09. The third-order valence-corrected chi connectivity index (χ3v) is 8.22. The van der Waals surface area contributed by atoms with E-state index in [1.807, 2.05) is 6.20 Å². The minimum absolute atomic E-state index is 0.170. The predicted molar refractivity (Wildman–Crippen MR) is 92.4 cm³/mol. The quantitative estimate of drug-likeness (QED) is 0.723. The molecule has 1 aromatic heterocycles. The number of rotatable bonds is 0. The SMILES string of the molecule is CC1(C)CCC2=C1CCC1C2C(O)CC2Cc3oncc3CC21C. The number of aromatic nitrogens is 1. The lowest BCUT2D eigenvalue weighted by atomic mass is 9.48. The van der Waals surface area contributed by atoms with E-state index in [1.165, 1.54) is 31.2 Å². The van der Waals surface area contributed by atoms with Crippen LogP contribution in [-0.2, 0) is 12.8 Å². The third kappa shape index (κ3) is 1.85. The van der Waals surface area contributed by atoms with Gasteiger partial charge >= 0.3 is 0 Å². The van der Waals surface area contributed by atoms with E-state index in [0.29, 0.717) is 23.2 Å². The number of nitrogens with zero attached hydrogens (tertiary/aromatic N) is 1. The maximum absolute atomic E-state index is 11.1. The highest BCUT2D eigenvalue weighted by atomic mass is 16.5. The second-order valence-corrected chi connectivity index (χ2v) is 9.72. The Kier molecular flexibility index (Phi) is 3.01. The predicted octanol–water partition coefficient (Wildman–Crippen LogP) is 4.30. The molecule has 3 heteroatoms. The molecule has 4 aliphatic carbocycles. The van der Waals surface area contributed by atoms with Crippen LogP contribution >= 0.6 is 0 Å². The molecule has 1 heterocycles. The Balaban J connectivity index is 1.57. The van der Waals surface area contributed by atoms with E-state index >= 15 is 0 Å². The molecule has 4 aliphatic rings. The van der Waals surface area contributed by atoms with Crippen LogP contribution in [0.1, 0.15) is 64.2 Å². The Morgan fingerprint density at radius 2 is 2.08 bits per heavy atom. The highest BCUT2D eigenvalue weighted by molar-refractivity contribution is 5.35. The van der Waals surface area contributed by atoms with Crippen LogP contribution < -0.4 is 0 Å². The Bertz CT molecular complexity index is 715. The summed E-state index contributed by atoms with van der Waals surface area (Å²) in [6, 6.07) is 0. The summed E-state index contributed by atoms with van der Waals surface area (Å²) < 4.78 is 5.48. The molecule has 0 amide bonds. The van der Waals surface area contributed by atoms with Crippen LogP contribution in [0.4, 0.5) is 0 Å². The number of hydrogen-bond acceptors (Lipinski definition) is 3. The lowest BCUT2D eigenvalue weighted by Gasteiger charge is -2.57. The molecule has 1 N–H and O–H groups in total. The molecule has 0 aromatic carbocycles. The molecule has 130 valence electrons. The van der Waals surface area contributed by atoms with E-state index in [-0.39, 0.29) is 11.5 Å². The molecular formula is C21H29NO2. The minimum Gasteiger partial charge on any atom is -0.392 e. The van der Waals surface area contributed by atoms with Gasteiger partial charge in [0, 0.05) is 17.9 Å². The molecule has 1 saturated carbocycles. The lowest BCUT2D eigenvalue weighted by molar-refractivity contribution is -0.0828. The van der Waals surface area contributed by atoms with Gasteiger partial charge in [-0.3, -0.25) is 0 Å². The van der Waals surface area contributed by atoms with Crippen LogP contribution in [0.25, 0.3) is 0 Å². The molecule has 0 saturated heterocycles. The van der Waals surface area contributed by atoms with Crippen LogP contribution in [0.15, 0.2) is 21.9 Å². The lowest BCUT2D eigenvalue weighted by Crippen LogP contribution is -2.54. The topological polar surface area (TPSA) is 46.3 Å². The summed E-state index contributed by atoms with van der Waals surface area (Å²) in [5.74, 6) is 2.62. The summed E-state index contributed by atoms with van der Waals surface area (Å²) >= 11 is 0. The molecule has 5 atom stereocenters. The van der Waals surface area contributed by atoms with Gasteiger partial charge in [-0.1, -0.05) is 37.1 Å². The summed E-state index contributed by atoms with van der Waals surface area (Å²) in [5.41, 5.74) is 5.28. The third-order valence-electron chi connectivity index (χ3n) is 8.22. The average molecular weight is 327 g/mol. The summed E-state index contributed by atoms with van der Waals surface area (Å²) in [4.78, 5) is 0. The van der Waals surface area contributed by atoms with E-state index in [1.54, 1.807) is 11.1 Å². The van der Waals surface area contributed by atoms with Crippen LogP contribution in [0.2, 0.25) is 0 Å². The molecule has 0 aliphatic heterocycles. The fourth-order valence-corrected chi connectivity index (χ4v) is 6.85. The molecule has 0 spiro atoms. The molecule has 3 nitrogen and oxygen atoms in total. The molecule has 0 radical (unpaired) electrons. The van der Waals surface area contributed by atoms with Crippen molar-refractivity contribution in [1.82, 2.24) is 5.16 Å². The van der Waals surface area contributed by atoms with E-state index in [9.17, 15) is 5.11 Å². The highest BCUT2D eigenvalue weighted by Gasteiger charge is 2.57. The van der Waals surface area contributed by atoms with E-state index in [2.05, 4.69) is 25.9 Å². The molecule has 24 heavy (non-hydrogen) atoms. The summed E-state index contributed by atoms with van der Waals surface area (Å²) in [5, 5.41) is 15.1. The molecular weight excluding hydrogens is 298 g/mol. The maximum atomic E-state index is 11.1. The summed E-state index contributed by atoms with van der Waals surface area (Å²) in [7, 11) is 0. The zero-order valence-electron chi connectivity index (χ0n) is 15.1. The Labute approximate surface area is 144 Å². The van der Waals surface area contributed by atoms with Crippen molar-refractivity contribution in [2.75, 3.05) is 0 Å². The van der Waals surface area contributed by atoms with Crippen molar-refractivity contribution in [1.29, 1.82) is 0 Å². The van der Waals surface area contributed by atoms with Crippen molar-refractivity contribution in [2.45, 2.75) is 71.8 Å². The van der Waals surface area contributed by atoms with Crippen molar-refractivity contribution in [3.8, 4) is 0 Å². The van der Waals surface area contributed by atoms with Crippen molar-refractivity contribution in [2.24, 2.45) is 28.6 Å². The van der Waals surface area contributed by atoms with Crippen molar-refractivity contribution < 1.29 is 9.63 Å². The number of aliphatic hydroxyl groups excluding tert-OH is 1. The van der Waals surface area contributed by atoms with Gasteiger partial charge in [0.1, 0.15) is 5.76 Å². The fourth-order valence-electron chi connectivity index (χ4n) is 6.85. The van der Waals surface area contributed by atoms with Crippen molar-refractivity contribution in [3.05, 3.63) is 28.7 Å². The normalized spacial score (nSPS) is 43.0. The van der Waals surface area contributed by atoms with Crippen molar-refractivity contribution in [3.63, 3.8) is 0 Å². The van der Waals surface area contributed by atoms with E-state index < -0.39 is 0 Å². The highest BCUT2D eigenvalue weighted by Crippen LogP contribution is 2.62. The number of allylic oxidation sites excluding steroid dienone is 1. The van der Waals surface area contributed by atoms with Gasteiger partial charge in [0.15, 0.2) is 0 Å². The molecule has 5 rings (SSSR count). The Morgan fingerprint density at radius 1 is 1.25 bits per heavy atom. The monoisotopic (exact) mass is 327 g/mol. The first-order chi connectivity index (χ1) is 11.4. The Morgan fingerprint density at radius 3 is 2.92 bits per heavy atom. The second-order valence-electron chi connectivity index (χ2n) is 9.72. The van der Waals surface area contributed by atoms with Gasteiger partial charge in [0.05, 0.1) is 12.3 Å². The molecule has 1 aromatic rings. The van der Waals surface area contributed by atoms with Gasteiger partial charge in [-0.15, -0.1) is 0 Å². The number of hydrogen-bond donors (Lipinski definition) is 1. The molecule has 0 bridgehead atoms. The maximum Gasteiger partial charge on any atom is 0.140 e. The van der Waals surface area contributed by atoms with Gasteiger partial charge in [-0.25, -0.2) is 0 Å². The van der Waals surface area contributed by atoms with Gasteiger partial charge in [0.25, 0.3) is 0 Å². The van der Waals surface area contributed by atoms with Gasteiger partial charge < -0.3 is 9.63 Å². The molecule has 1 fully saturated rings. The van der Waals surface area contributed by atoms with E-state index in [0.717, 1.165) is 25.0 Å². The number of fused-ring (bicyclic) bond motifs is 5. The number of aliphatic hydroxyl groups is 1. The van der Waals surface area contributed by atoms with Gasteiger partial charge in [-0.05, 0) is 61.2 Å². The zero-order valence-corrected chi connectivity index (χ0v) is 15.1. The van der Waals surface area contributed by atoms with Gasteiger partial charge in [-0.2, -0.15) is 0 Å². The molecule has 5 unspecified atom stereocenters. The van der Waals surface area contributed by atoms with Crippen molar-refractivity contribution >= 4 is 0 Å². The summed E-state index contributed by atoms with van der Waals surface area (Å²) in [6.45, 7) is 7.29. The first kappa shape index (κ1) is 15.2. The van der Waals surface area contributed by atoms with E-state index in [4.69, 9.17) is 4.52 Å². The minimum atomic E-state index is -0.170. The first-order valence-electron chi connectivity index (χ1n) is 9.73. The first-order valence-corrected chi connectivity index (χ1v) is 9.73. The second kappa shape index (κ2) is 4.75. The largest absolute Gasteiger partial charge is 0.392 e. The van der Waals surface area contributed by atoms with Gasteiger partial charge in [0.2, 0.25) is 0 Å². The zero-order chi connectivity index (χ0) is 16.7. The van der Waals surface area contributed by atoms with Crippen LogP contribution in [-0.4, -0.2) is 16.4 Å². The van der Waals surface area contributed by atoms with Crippen LogP contribution in [0.5, 0.6) is 0 Å².